The number of aryl methyl sites for hydroxylation is 1. The number of nitrogens with two attached hydrogens (primary N) is 1. The minimum atomic E-state index is -0.495. The fraction of sp³-hybridized carbons (Fsp3) is 0.133. The third-order valence-electron chi connectivity index (χ3n) is 2.41. The Labute approximate surface area is 123 Å². The molecule has 0 bridgehead atoms. The molecule has 0 spiro atoms. The predicted molar refractivity (Wildman–Crippen MR) is 81.4 cm³/mol. The summed E-state index contributed by atoms with van der Waals surface area (Å²) in [5, 5.41) is 7.67. The maximum Gasteiger partial charge on any atom is 0.250 e. The van der Waals surface area contributed by atoms with Crippen LogP contribution in [0.4, 0.5) is 0 Å². The minimum Gasteiger partial charge on any atom is -0.366 e. The number of carbonyl (C=O) groups excluding carboxylic acids is 1. The number of pyridine rings is 1. The Morgan fingerprint density at radius 3 is 2.25 bits per heavy atom. The van der Waals surface area contributed by atoms with Crippen molar-refractivity contribution in [2.24, 2.45) is 5.73 Å². The van der Waals surface area contributed by atoms with Crippen LogP contribution in [0.1, 0.15) is 28.7 Å². The van der Waals surface area contributed by atoms with Gasteiger partial charge in [0, 0.05) is 5.69 Å². The Morgan fingerprint density at radius 1 is 1.20 bits per heavy atom. The van der Waals surface area contributed by atoms with Gasteiger partial charge in [-0.05, 0) is 38.1 Å². The van der Waals surface area contributed by atoms with Crippen molar-refractivity contribution < 1.29 is 4.79 Å². The number of carbonyl (C=O) groups is 1. The van der Waals surface area contributed by atoms with Gasteiger partial charge in [0.1, 0.15) is 0 Å². The molecule has 1 amide bonds. The van der Waals surface area contributed by atoms with E-state index in [2.05, 4.69) is 4.98 Å². The van der Waals surface area contributed by atoms with Crippen LogP contribution in [0.15, 0.2) is 42.5 Å². The van der Waals surface area contributed by atoms with Gasteiger partial charge in [0.05, 0.1) is 22.0 Å². The number of amides is 1. The van der Waals surface area contributed by atoms with Crippen molar-refractivity contribution in [1.29, 1.82) is 5.41 Å². The van der Waals surface area contributed by atoms with E-state index in [1.54, 1.807) is 31.2 Å². The molecule has 104 valence electrons. The Kier molecular flexibility index (Phi) is 5.87. The molecule has 2 rings (SSSR count). The maximum atomic E-state index is 10.6. The molecule has 3 N–H and O–H groups in total. The zero-order valence-corrected chi connectivity index (χ0v) is 12.1. The van der Waals surface area contributed by atoms with Crippen LogP contribution in [-0.2, 0) is 0 Å². The second kappa shape index (κ2) is 7.40. The van der Waals surface area contributed by atoms with Gasteiger partial charge in [-0.1, -0.05) is 29.8 Å². The zero-order chi connectivity index (χ0) is 15.1. The SMILES string of the molecule is CC(=N)c1cccc(C)n1.NC(=O)c1ccccc1Cl. The average molecular weight is 290 g/mol. The fourth-order valence-electron chi connectivity index (χ4n) is 1.41. The van der Waals surface area contributed by atoms with Crippen LogP contribution in [0.2, 0.25) is 5.02 Å². The molecule has 0 unspecified atom stereocenters. The van der Waals surface area contributed by atoms with E-state index in [1.165, 1.54) is 0 Å². The molecular formula is C15H16ClN3O. The summed E-state index contributed by atoms with van der Waals surface area (Å²) < 4.78 is 0. The van der Waals surface area contributed by atoms with Crippen molar-refractivity contribution in [2.45, 2.75) is 13.8 Å². The van der Waals surface area contributed by atoms with Crippen molar-refractivity contribution in [3.05, 3.63) is 64.4 Å². The predicted octanol–water partition coefficient (Wildman–Crippen LogP) is 3.22. The normalized spacial score (nSPS) is 9.35. The molecule has 0 radical (unpaired) electrons. The molecule has 4 nitrogen and oxygen atoms in total. The molecule has 0 saturated heterocycles. The lowest BCUT2D eigenvalue weighted by Gasteiger charge is -1.96. The van der Waals surface area contributed by atoms with E-state index in [0.717, 1.165) is 11.4 Å². The monoisotopic (exact) mass is 289 g/mol. The Balaban J connectivity index is 0.000000200. The molecule has 0 saturated carbocycles. The van der Waals surface area contributed by atoms with Crippen LogP contribution in [0, 0.1) is 12.3 Å². The van der Waals surface area contributed by atoms with Gasteiger partial charge in [-0.25, -0.2) is 0 Å². The Hall–Kier alpha value is -2.20. The summed E-state index contributed by atoms with van der Waals surface area (Å²) in [6.45, 7) is 3.66. The highest BCUT2D eigenvalue weighted by Crippen LogP contribution is 2.13. The van der Waals surface area contributed by atoms with E-state index in [4.69, 9.17) is 22.7 Å². The second-order valence-electron chi connectivity index (χ2n) is 4.13. The van der Waals surface area contributed by atoms with Crippen molar-refractivity contribution in [1.82, 2.24) is 4.98 Å². The van der Waals surface area contributed by atoms with Gasteiger partial charge in [-0.15, -0.1) is 0 Å². The third kappa shape index (κ3) is 4.82. The summed E-state index contributed by atoms with van der Waals surface area (Å²) in [5.74, 6) is -0.495. The highest BCUT2D eigenvalue weighted by Gasteiger charge is 2.02. The third-order valence-corrected chi connectivity index (χ3v) is 2.74. The van der Waals surface area contributed by atoms with Crippen LogP contribution >= 0.6 is 11.6 Å². The highest BCUT2D eigenvalue weighted by atomic mass is 35.5. The van der Waals surface area contributed by atoms with E-state index >= 15 is 0 Å². The molecule has 0 aliphatic carbocycles. The van der Waals surface area contributed by atoms with Crippen LogP contribution in [0.5, 0.6) is 0 Å². The smallest absolute Gasteiger partial charge is 0.250 e. The first kappa shape index (κ1) is 15.9. The van der Waals surface area contributed by atoms with Gasteiger partial charge in [-0.3, -0.25) is 9.78 Å². The van der Waals surface area contributed by atoms with E-state index in [1.807, 2.05) is 25.1 Å². The number of hydrogen-bond acceptors (Lipinski definition) is 3. The van der Waals surface area contributed by atoms with Crippen molar-refractivity contribution in [3.8, 4) is 0 Å². The van der Waals surface area contributed by atoms with Crippen molar-refractivity contribution >= 4 is 23.2 Å². The van der Waals surface area contributed by atoms with Crippen molar-refractivity contribution in [3.63, 3.8) is 0 Å². The van der Waals surface area contributed by atoms with Crippen LogP contribution < -0.4 is 5.73 Å². The van der Waals surface area contributed by atoms with E-state index < -0.39 is 5.91 Å². The van der Waals surface area contributed by atoms with Gasteiger partial charge in [-0.2, -0.15) is 0 Å². The zero-order valence-electron chi connectivity index (χ0n) is 11.4. The van der Waals surface area contributed by atoms with Gasteiger partial charge in [0.15, 0.2) is 0 Å². The summed E-state index contributed by atoms with van der Waals surface area (Å²) in [5.41, 5.74) is 7.60. The molecule has 1 aromatic heterocycles. The lowest BCUT2D eigenvalue weighted by molar-refractivity contribution is 0.100. The molecule has 5 heteroatoms. The standard InChI is InChI=1S/C8H10N2.C7H6ClNO/c1-6-4-3-5-8(10-6)7(2)9;8-6-4-2-1-3-5(6)7(9)10/h3-5,9H,1-2H3;1-4H,(H2,9,10). The maximum absolute atomic E-state index is 10.6. The molecule has 1 aromatic carbocycles. The molecule has 0 fully saturated rings. The number of nitrogens with one attached hydrogen (secondary N) is 1. The fourth-order valence-corrected chi connectivity index (χ4v) is 1.64. The van der Waals surface area contributed by atoms with E-state index in [-0.39, 0.29) is 0 Å². The van der Waals surface area contributed by atoms with E-state index in [9.17, 15) is 4.79 Å². The highest BCUT2D eigenvalue weighted by molar-refractivity contribution is 6.33. The molecule has 20 heavy (non-hydrogen) atoms. The van der Waals surface area contributed by atoms with Crippen LogP contribution in [0.25, 0.3) is 0 Å². The first-order valence-electron chi connectivity index (χ1n) is 5.95. The molecule has 2 aromatic rings. The molecule has 0 aliphatic rings. The number of aromatic nitrogens is 1. The number of halogens is 1. The Bertz CT molecular complexity index is 626. The van der Waals surface area contributed by atoms with E-state index in [0.29, 0.717) is 16.3 Å². The van der Waals surface area contributed by atoms with Gasteiger partial charge < -0.3 is 11.1 Å². The van der Waals surface area contributed by atoms with Gasteiger partial charge >= 0.3 is 0 Å². The lowest BCUT2D eigenvalue weighted by Crippen LogP contribution is -2.10. The number of primary amides is 1. The summed E-state index contributed by atoms with van der Waals surface area (Å²) >= 11 is 5.62. The minimum absolute atomic E-state index is 0.365. The van der Waals surface area contributed by atoms with Gasteiger partial charge in [0.25, 0.3) is 0 Å². The molecular weight excluding hydrogens is 274 g/mol. The molecule has 0 aliphatic heterocycles. The summed E-state index contributed by atoms with van der Waals surface area (Å²) in [4.78, 5) is 14.7. The van der Waals surface area contributed by atoms with Gasteiger partial charge in [0.2, 0.25) is 5.91 Å². The topological polar surface area (TPSA) is 79.8 Å². The first-order chi connectivity index (χ1) is 9.41. The largest absolute Gasteiger partial charge is 0.366 e. The second-order valence-corrected chi connectivity index (χ2v) is 4.54. The number of rotatable bonds is 2. The summed E-state index contributed by atoms with van der Waals surface area (Å²) in [6, 6.07) is 12.4. The Morgan fingerprint density at radius 2 is 1.85 bits per heavy atom. The lowest BCUT2D eigenvalue weighted by atomic mass is 10.2. The number of nitrogens with zero attached hydrogens (tertiary/aromatic N) is 1. The number of hydrogen-bond donors (Lipinski definition) is 2. The van der Waals surface area contributed by atoms with Crippen molar-refractivity contribution in [2.75, 3.05) is 0 Å². The average Bonchev–Trinajstić information content (AvgIpc) is 2.39. The molecule has 1 heterocycles. The number of benzene rings is 1. The van der Waals surface area contributed by atoms with Crippen LogP contribution in [0.3, 0.4) is 0 Å². The quantitative estimate of drug-likeness (QED) is 0.833. The summed E-state index contributed by atoms with van der Waals surface area (Å²) in [7, 11) is 0. The first-order valence-corrected chi connectivity index (χ1v) is 6.33. The van der Waals surface area contributed by atoms with Crippen LogP contribution in [-0.4, -0.2) is 16.6 Å². The molecule has 0 atom stereocenters. The summed E-state index contributed by atoms with van der Waals surface area (Å²) in [6.07, 6.45) is 0.